The van der Waals surface area contributed by atoms with Crippen molar-refractivity contribution in [2.75, 3.05) is 6.61 Å². The molecule has 7 nitrogen and oxygen atoms in total. The normalized spacial score (nSPS) is 15.7. The number of rotatable bonds is 5. The number of hydrogen-bond acceptors (Lipinski definition) is 7. The van der Waals surface area contributed by atoms with Crippen molar-refractivity contribution in [1.82, 2.24) is 0 Å². The van der Waals surface area contributed by atoms with Crippen molar-refractivity contribution >= 4 is 23.5 Å². The predicted octanol–water partition coefficient (Wildman–Crippen LogP) is 4.20. The van der Waals surface area contributed by atoms with Crippen LogP contribution >= 0.6 is 11.6 Å². The van der Waals surface area contributed by atoms with E-state index in [1.54, 1.807) is 62.4 Å². The van der Waals surface area contributed by atoms with Gasteiger partial charge in [-0.1, -0.05) is 35.9 Å². The maximum Gasteiger partial charge on any atom is 0.345 e. The van der Waals surface area contributed by atoms with Crippen molar-refractivity contribution in [1.29, 1.82) is 5.26 Å². The fraction of sp³-hybridized carbons (Fsp3) is 0.174. The summed E-state index contributed by atoms with van der Waals surface area (Å²) in [6.07, 6.45) is 0. The summed E-state index contributed by atoms with van der Waals surface area (Å²) in [7, 11) is 0. The number of halogens is 1. The summed E-state index contributed by atoms with van der Waals surface area (Å²) < 4.78 is 15.9. The molecule has 2 aromatic rings. The van der Waals surface area contributed by atoms with Gasteiger partial charge < -0.3 is 19.9 Å². The fourth-order valence-electron chi connectivity index (χ4n) is 3.21. The van der Waals surface area contributed by atoms with Gasteiger partial charge in [-0.15, -0.1) is 0 Å². The zero-order valence-corrected chi connectivity index (χ0v) is 17.6. The van der Waals surface area contributed by atoms with Gasteiger partial charge in [-0.25, -0.2) is 9.59 Å². The first kappa shape index (κ1) is 21.9. The zero-order chi connectivity index (χ0) is 22.5. The average molecular weight is 439 g/mol. The summed E-state index contributed by atoms with van der Waals surface area (Å²) in [4.78, 5) is 24.9. The maximum atomic E-state index is 12.5. The molecule has 0 amide bonds. The number of ether oxygens (including phenoxy) is 3. The van der Waals surface area contributed by atoms with Crippen LogP contribution in [0.2, 0.25) is 5.02 Å². The molecule has 1 heterocycles. The van der Waals surface area contributed by atoms with Gasteiger partial charge in [0.15, 0.2) is 0 Å². The van der Waals surface area contributed by atoms with Crippen LogP contribution in [0, 0.1) is 11.3 Å². The summed E-state index contributed by atoms with van der Waals surface area (Å²) in [5, 5.41) is 9.89. The number of carbonyl (C=O) groups is 2. The lowest BCUT2D eigenvalue weighted by Gasteiger charge is -2.26. The highest BCUT2D eigenvalue weighted by molar-refractivity contribution is 6.33. The van der Waals surface area contributed by atoms with Crippen LogP contribution in [0.4, 0.5) is 0 Å². The fourth-order valence-corrected chi connectivity index (χ4v) is 3.42. The lowest BCUT2D eigenvalue weighted by molar-refractivity contribution is -0.139. The van der Waals surface area contributed by atoms with E-state index in [4.69, 9.17) is 31.5 Å². The zero-order valence-electron chi connectivity index (χ0n) is 16.8. The summed E-state index contributed by atoms with van der Waals surface area (Å²) in [5.41, 5.74) is 6.99. The van der Waals surface area contributed by atoms with Crippen molar-refractivity contribution in [2.45, 2.75) is 19.8 Å². The average Bonchev–Trinajstić information content (AvgIpc) is 2.74. The Hall–Kier alpha value is -3.76. The number of nitrogens with zero attached hydrogens (tertiary/aromatic N) is 1. The number of esters is 2. The standard InChI is InChI=1S/C23H19ClN2O5/c1-3-29-23(28)19-13(2)30-21(26)17(12-25)20(19)14-8-10-15(11-9-14)31-22(27)16-6-4-5-7-18(16)24/h4-11,20H,3,26H2,1-2H3. The summed E-state index contributed by atoms with van der Waals surface area (Å²) in [6, 6.07) is 15.0. The first-order chi connectivity index (χ1) is 14.9. The minimum atomic E-state index is -0.772. The largest absolute Gasteiger partial charge is 0.463 e. The van der Waals surface area contributed by atoms with Crippen LogP contribution < -0.4 is 10.5 Å². The van der Waals surface area contributed by atoms with Gasteiger partial charge in [0.05, 0.1) is 28.7 Å². The van der Waals surface area contributed by atoms with Gasteiger partial charge >= 0.3 is 11.9 Å². The molecule has 8 heteroatoms. The van der Waals surface area contributed by atoms with Gasteiger partial charge in [0.25, 0.3) is 0 Å². The first-order valence-corrected chi connectivity index (χ1v) is 9.77. The first-order valence-electron chi connectivity index (χ1n) is 9.39. The van der Waals surface area contributed by atoms with Crippen molar-refractivity contribution in [3.05, 3.63) is 87.5 Å². The Bertz CT molecular complexity index is 1130. The molecule has 0 radical (unpaired) electrons. The van der Waals surface area contributed by atoms with E-state index in [2.05, 4.69) is 0 Å². The van der Waals surface area contributed by atoms with Gasteiger partial charge in [-0.05, 0) is 43.7 Å². The van der Waals surface area contributed by atoms with E-state index in [0.717, 1.165) is 0 Å². The van der Waals surface area contributed by atoms with E-state index < -0.39 is 17.9 Å². The van der Waals surface area contributed by atoms with Gasteiger partial charge in [0.1, 0.15) is 23.2 Å². The highest BCUT2D eigenvalue weighted by Gasteiger charge is 2.36. The second-order valence-corrected chi connectivity index (χ2v) is 6.96. The Labute approximate surface area is 184 Å². The number of benzene rings is 2. The maximum absolute atomic E-state index is 12.5. The Morgan fingerprint density at radius 3 is 2.45 bits per heavy atom. The molecule has 158 valence electrons. The quantitative estimate of drug-likeness (QED) is 0.549. The molecule has 0 saturated heterocycles. The second kappa shape index (κ2) is 9.37. The van der Waals surface area contributed by atoms with E-state index in [9.17, 15) is 14.9 Å². The van der Waals surface area contributed by atoms with Crippen LogP contribution in [0.25, 0.3) is 0 Å². The van der Waals surface area contributed by atoms with Crippen LogP contribution in [0.1, 0.15) is 35.7 Å². The monoisotopic (exact) mass is 438 g/mol. The van der Waals surface area contributed by atoms with Crippen LogP contribution in [0.3, 0.4) is 0 Å². The Kier molecular flexibility index (Phi) is 6.63. The summed E-state index contributed by atoms with van der Waals surface area (Å²) >= 11 is 6.03. The van der Waals surface area contributed by atoms with Gasteiger partial charge in [-0.3, -0.25) is 0 Å². The third-order valence-electron chi connectivity index (χ3n) is 4.62. The number of nitrogens with two attached hydrogens (primary N) is 1. The molecule has 0 aromatic heterocycles. The third-order valence-corrected chi connectivity index (χ3v) is 4.95. The minimum absolute atomic E-state index is 0.0766. The van der Waals surface area contributed by atoms with Crippen molar-refractivity contribution < 1.29 is 23.8 Å². The van der Waals surface area contributed by atoms with Crippen molar-refractivity contribution in [3.63, 3.8) is 0 Å². The summed E-state index contributed by atoms with van der Waals surface area (Å²) in [6.45, 7) is 3.43. The molecule has 0 fully saturated rings. The molecule has 3 rings (SSSR count). The molecule has 0 aliphatic carbocycles. The molecule has 1 aliphatic rings. The molecule has 1 atom stereocenters. The minimum Gasteiger partial charge on any atom is -0.463 e. The van der Waals surface area contributed by atoms with Crippen molar-refractivity contribution in [3.8, 4) is 11.8 Å². The van der Waals surface area contributed by atoms with Crippen LogP contribution in [0.5, 0.6) is 5.75 Å². The molecule has 0 bridgehead atoms. The number of carbonyl (C=O) groups excluding carboxylic acids is 2. The van der Waals surface area contributed by atoms with Crippen LogP contribution in [-0.2, 0) is 14.3 Å². The highest BCUT2D eigenvalue weighted by Crippen LogP contribution is 2.40. The smallest absolute Gasteiger partial charge is 0.345 e. The van der Waals surface area contributed by atoms with Gasteiger partial charge in [0, 0.05) is 0 Å². The molecular weight excluding hydrogens is 420 g/mol. The molecule has 1 unspecified atom stereocenters. The third kappa shape index (κ3) is 4.55. The Morgan fingerprint density at radius 1 is 1.16 bits per heavy atom. The van der Waals surface area contributed by atoms with Crippen LogP contribution in [0.15, 0.2) is 71.3 Å². The molecule has 0 spiro atoms. The number of nitriles is 1. The number of allylic oxidation sites excluding steroid dienone is 2. The number of hydrogen-bond donors (Lipinski definition) is 1. The Balaban J connectivity index is 1.92. The predicted molar refractivity (Wildman–Crippen MR) is 113 cm³/mol. The highest BCUT2D eigenvalue weighted by atomic mass is 35.5. The van der Waals surface area contributed by atoms with E-state index >= 15 is 0 Å². The van der Waals surface area contributed by atoms with E-state index in [1.807, 2.05) is 6.07 Å². The topological polar surface area (TPSA) is 112 Å². The van der Waals surface area contributed by atoms with E-state index in [1.165, 1.54) is 0 Å². The molecule has 2 aromatic carbocycles. The molecule has 31 heavy (non-hydrogen) atoms. The SMILES string of the molecule is CCOC(=O)C1=C(C)OC(N)=C(C#N)C1c1ccc(OC(=O)c2ccccc2Cl)cc1. The van der Waals surface area contributed by atoms with Crippen LogP contribution in [-0.4, -0.2) is 18.5 Å². The van der Waals surface area contributed by atoms with Gasteiger partial charge in [-0.2, -0.15) is 5.26 Å². The Morgan fingerprint density at radius 2 is 1.84 bits per heavy atom. The second-order valence-electron chi connectivity index (χ2n) is 6.55. The van der Waals surface area contributed by atoms with E-state index in [-0.39, 0.29) is 45.7 Å². The molecule has 0 saturated carbocycles. The molecule has 1 aliphatic heterocycles. The summed E-state index contributed by atoms with van der Waals surface area (Å²) in [5.74, 6) is -1.52. The molecular formula is C23H19ClN2O5. The van der Waals surface area contributed by atoms with Crippen molar-refractivity contribution in [2.24, 2.45) is 5.73 Å². The molecule has 2 N–H and O–H groups in total. The lowest BCUT2D eigenvalue weighted by atomic mass is 9.83. The van der Waals surface area contributed by atoms with E-state index in [0.29, 0.717) is 5.56 Å². The lowest BCUT2D eigenvalue weighted by Crippen LogP contribution is -2.25. The van der Waals surface area contributed by atoms with Gasteiger partial charge in [0.2, 0.25) is 5.88 Å².